The molecule has 1 N–H and O–H groups in total. The van der Waals surface area contributed by atoms with Crippen LogP contribution < -0.4 is 15.3 Å². The molecule has 0 aliphatic carbocycles. The maximum atomic E-state index is 11.9. The minimum Gasteiger partial charge on any atom is -0.546 e. The largest absolute Gasteiger partial charge is 0.546 e. The van der Waals surface area contributed by atoms with Gasteiger partial charge in [0, 0.05) is 10.9 Å². The summed E-state index contributed by atoms with van der Waals surface area (Å²) >= 11 is 1.49. The summed E-state index contributed by atoms with van der Waals surface area (Å²) in [5.41, 5.74) is 4.46. The zero-order chi connectivity index (χ0) is 17.5. The Bertz CT molecular complexity index is 770. The van der Waals surface area contributed by atoms with Crippen molar-refractivity contribution >= 4 is 28.9 Å². The molecular weight excluding hydrogens is 330 g/mol. The molecular formula is C16H16N3O4S-. The smallest absolute Gasteiger partial charge is 0.246 e. The van der Waals surface area contributed by atoms with Gasteiger partial charge in [0.25, 0.3) is 0 Å². The van der Waals surface area contributed by atoms with Gasteiger partial charge < -0.3 is 14.6 Å². The lowest BCUT2D eigenvalue weighted by atomic mass is 10.1. The number of aromatic nitrogens is 1. The maximum absolute atomic E-state index is 11.9. The van der Waals surface area contributed by atoms with Crippen LogP contribution in [0.4, 0.5) is 0 Å². The lowest BCUT2D eigenvalue weighted by Gasteiger charge is -2.08. The standard InChI is InChI=1S/C16H17N3O4S/c1-10(12-4-3-5-14(6-12)23-8-16(21)22)18-19-15(20)7-13-9-24-11(2)17-13/h3-6,9H,7-8H2,1-2H3,(H,19,20)(H,21,22)/p-1/b18-10-. The number of aryl methyl sites for hydroxylation is 1. The number of rotatable bonds is 7. The number of nitrogens with zero attached hydrogens (tertiary/aromatic N) is 2. The summed E-state index contributed by atoms with van der Waals surface area (Å²) in [5, 5.41) is 17.2. The number of hydrazone groups is 1. The molecule has 7 nitrogen and oxygen atoms in total. The Morgan fingerprint density at radius 1 is 1.42 bits per heavy atom. The third kappa shape index (κ3) is 5.47. The number of carboxylic acid groups (broad SMARTS) is 1. The Kier molecular flexibility index (Phi) is 6.02. The van der Waals surface area contributed by atoms with Gasteiger partial charge in [0.2, 0.25) is 5.91 Å². The number of carbonyl (C=O) groups excluding carboxylic acids is 2. The quantitative estimate of drug-likeness (QED) is 0.586. The highest BCUT2D eigenvalue weighted by Crippen LogP contribution is 2.14. The van der Waals surface area contributed by atoms with Gasteiger partial charge in [-0.1, -0.05) is 12.1 Å². The molecule has 126 valence electrons. The van der Waals surface area contributed by atoms with Crippen LogP contribution in [-0.2, 0) is 16.0 Å². The Balaban J connectivity index is 1.95. The van der Waals surface area contributed by atoms with E-state index in [1.807, 2.05) is 12.3 Å². The fourth-order valence-electron chi connectivity index (χ4n) is 1.86. The van der Waals surface area contributed by atoms with Crippen molar-refractivity contribution in [1.29, 1.82) is 0 Å². The summed E-state index contributed by atoms with van der Waals surface area (Å²) in [5.74, 6) is -1.17. The van der Waals surface area contributed by atoms with Crippen molar-refractivity contribution in [3.8, 4) is 5.75 Å². The van der Waals surface area contributed by atoms with Gasteiger partial charge >= 0.3 is 0 Å². The predicted molar refractivity (Wildman–Crippen MR) is 87.9 cm³/mol. The van der Waals surface area contributed by atoms with Crippen LogP contribution in [-0.4, -0.2) is 29.2 Å². The normalized spacial score (nSPS) is 11.2. The molecule has 8 heteroatoms. The third-order valence-corrected chi connectivity index (χ3v) is 3.79. The van der Waals surface area contributed by atoms with Gasteiger partial charge in [-0.25, -0.2) is 10.4 Å². The van der Waals surface area contributed by atoms with Gasteiger partial charge in [-0.05, 0) is 26.0 Å². The fourth-order valence-corrected chi connectivity index (χ4v) is 2.47. The van der Waals surface area contributed by atoms with Crippen LogP contribution >= 0.6 is 11.3 Å². The molecule has 0 spiro atoms. The second-order valence-corrected chi connectivity index (χ2v) is 6.02. The molecule has 2 aromatic rings. The van der Waals surface area contributed by atoms with Crippen molar-refractivity contribution in [2.45, 2.75) is 20.3 Å². The molecule has 0 saturated carbocycles. The highest BCUT2D eigenvalue weighted by molar-refractivity contribution is 7.09. The molecule has 0 bridgehead atoms. The number of ether oxygens (including phenoxy) is 1. The van der Waals surface area contributed by atoms with Crippen molar-refractivity contribution < 1.29 is 19.4 Å². The molecule has 0 radical (unpaired) electrons. The van der Waals surface area contributed by atoms with Crippen LogP contribution in [0.1, 0.15) is 23.2 Å². The third-order valence-electron chi connectivity index (χ3n) is 2.97. The number of thiazole rings is 1. The molecule has 1 aromatic carbocycles. The lowest BCUT2D eigenvalue weighted by molar-refractivity contribution is -0.307. The highest BCUT2D eigenvalue weighted by atomic mass is 32.1. The van der Waals surface area contributed by atoms with E-state index in [-0.39, 0.29) is 12.3 Å². The summed E-state index contributed by atoms with van der Waals surface area (Å²) in [4.78, 5) is 26.5. The van der Waals surface area contributed by atoms with Crippen molar-refractivity contribution in [2.24, 2.45) is 5.10 Å². The first-order valence-electron chi connectivity index (χ1n) is 7.11. The average molecular weight is 346 g/mol. The highest BCUT2D eigenvalue weighted by Gasteiger charge is 2.06. The van der Waals surface area contributed by atoms with E-state index >= 15 is 0 Å². The van der Waals surface area contributed by atoms with Gasteiger partial charge in [0.15, 0.2) is 0 Å². The molecule has 0 unspecified atom stereocenters. The Morgan fingerprint density at radius 3 is 2.88 bits per heavy atom. The molecule has 1 heterocycles. The minimum atomic E-state index is -1.30. The van der Waals surface area contributed by atoms with E-state index < -0.39 is 12.6 Å². The number of carbonyl (C=O) groups is 2. The molecule has 0 aliphatic rings. The minimum absolute atomic E-state index is 0.163. The van der Waals surface area contributed by atoms with Crippen molar-refractivity contribution in [3.05, 3.63) is 45.9 Å². The second-order valence-electron chi connectivity index (χ2n) is 4.96. The molecule has 0 aliphatic heterocycles. The summed E-state index contributed by atoms with van der Waals surface area (Å²) in [6.07, 6.45) is 0.163. The summed E-state index contributed by atoms with van der Waals surface area (Å²) in [6, 6.07) is 6.75. The van der Waals surface area contributed by atoms with E-state index in [0.717, 1.165) is 5.01 Å². The van der Waals surface area contributed by atoms with E-state index in [1.54, 1.807) is 31.2 Å². The molecule has 2 rings (SSSR count). The molecule has 0 fully saturated rings. The molecule has 1 amide bonds. The first kappa shape index (κ1) is 17.6. The van der Waals surface area contributed by atoms with Gasteiger partial charge in [-0.2, -0.15) is 5.10 Å². The topological polar surface area (TPSA) is 104 Å². The SMILES string of the molecule is C/C(=N/NC(=O)Cc1csc(C)n1)c1cccc(OCC(=O)[O-])c1. The first-order valence-corrected chi connectivity index (χ1v) is 7.99. The predicted octanol–water partition coefficient (Wildman–Crippen LogP) is 0.663. The second kappa shape index (κ2) is 8.21. The molecule has 24 heavy (non-hydrogen) atoms. The zero-order valence-corrected chi connectivity index (χ0v) is 14.1. The molecule has 1 aromatic heterocycles. The van der Waals surface area contributed by atoms with Gasteiger partial charge in [0.1, 0.15) is 12.4 Å². The number of carboxylic acids is 1. The van der Waals surface area contributed by atoms with E-state index in [9.17, 15) is 14.7 Å². The van der Waals surface area contributed by atoms with Crippen molar-refractivity contribution in [2.75, 3.05) is 6.61 Å². The lowest BCUT2D eigenvalue weighted by Crippen LogP contribution is -2.28. The van der Waals surface area contributed by atoms with Gasteiger partial charge in [-0.3, -0.25) is 4.79 Å². The van der Waals surface area contributed by atoms with E-state index in [0.29, 0.717) is 22.7 Å². The van der Waals surface area contributed by atoms with E-state index in [2.05, 4.69) is 15.5 Å². The van der Waals surface area contributed by atoms with E-state index in [4.69, 9.17) is 4.74 Å². The first-order chi connectivity index (χ1) is 11.4. The number of hydrogen-bond donors (Lipinski definition) is 1. The van der Waals surface area contributed by atoms with E-state index in [1.165, 1.54) is 11.3 Å². The Labute approximate surface area is 143 Å². The van der Waals surface area contributed by atoms with Crippen molar-refractivity contribution in [1.82, 2.24) is 10.4 Å². The van der Waals surface area contributed by atoms with Crippen LogP contribution in [0.5, 0.6) is 5.75 Å². The molecule has 0 saturated heterocycles. The summed E-state index contributed by atoms with van der Waals surface area (Å²) in [6.45, 7) is 3.08. The Morgan fingerprint density at radius 2 is 2.21 bits per heavy atom. The summed E-state index contributed by atoms with van der Waals surface area (Å²) in [7, 11) is 0. The number of amides is 1. The number of benzene rings is 1. The van der Waals surface area contributed by atoms with Gasteiger partial charge in [-0.15, -0.1) is 11.3 Å². The van der Waals surface area contributed by atoms with Gasteiger partial charge in [0.05, 0.1) is 28.8 Å². The summed E-state index contributed by atoms with van der Waals surface area (Å²) < 4.78 is 5.05. The zero-order valence-electron chi connectivity index (χ0n) is 13.2. The van der Waals surface area contributed by atoms with Crippen LogP contribution in [0.15, 0.2) is 34.7 Å². The Hall–Kier alpha value is -2.74. The monoisotopic (exact) mass is 346 g/mol. The average Bonchev–Trinajstić information content (AvgIpc) is 2.95. The maximum Gasteiger partial charge on any atom is 0.246 e. The van der Waals surface area contributed by atoms with Crippen LogP contribution in [0, 0.1) is 6.92 Å². The number of hydrogen-bond acceptors (Lipinski definition) is 7. The number of aliphatic carboxylic acids is 1. The van der Waals surface area contributed by atoms with Crippen LogP contribution in [0.25, 0.3) is 0 Å². The fraction of sp³-hybridized carbons (Fsp3) is 0.250. The van der Waals surface area contributed by atoms with Crippen LogP contribution in [0.2, 0.25) is 0 Å². The van der Waals surface area contributed by atoms with Crippen LogP contribution in [0.3, 0.4) is 0 Å². The van der Waals surface area contributed by atoms with Crippen molar-refractivity contribution in [3.63, 3.8) is 0 Å². The number of nitrogens with one attached hydrogen (secondary N) is 1. The molecule has 0 atom stereocenters.